The van der Waals surface area contributed by atoms with Crippen LogP contribution in [0.4, 0.5) is 17.6 Å². The number of carbonyl (C=O) groups is 2. The lowest BCUT2D eigenvalue weighted by atomic mass is 10.1. The van der Waals surface area contributed by atoms with Crippen molar-refractivity contribution in [3.63, 3.8) is 0 Å². The summed E-state index contributed by atoms with van der Waals surface area (Å²) in [6.45, 7) is 1.20. The Bertz CT molecular complexity index is 708. The van der Waals surface area contributed by atoms with Crippen molar-refractivity contribution in [1.29, 1.82) is 0 Å². The summed E-state index contributed by atoms with van der Waals surface area (Å²) in [4.78, 5) is 28.4. The second-order valence-corrected chi connectivity index (χ2v) is 8.15. The van der Waals surface area contributed by atoms with Crippen LogP contribution in [0.2, 0.25) is 0 Å². The first-order chi connectivity index (χ1) is 12.3. The van der Waals surface area contributed by atoms with Crippen LogP contribution in [0.3, 0.4) is 0 Å². The van der Waals surface area contributed by atoms with Gasteiger partial charge in [-0.05, 0) is 18.2 Å². The third-order valence-electron chi connectivity index (χ3n) is 4.27. The number of hydrogen-bond acceptors (Lipinski definition) is 4. The summed E-state index contributed by atoms with van der Waals surface area (Å²) in [5.74, 6) is -0.0212. The van der Waals surface area contributed by atoms with E-state index in [4.69, 9.17) is 0 Å². The fraction of sp³-hybridized carbons (Fsp3) is 0.500. The first-order valence-corrected chi connectivity index (χ1v) is 10.2. The molecule has 2 saturated heterocycles. The molecule has 142 valence electrons. The van der Waals surface area contributed by atoms with Gasteiger partial charge >= 0.3 is 6.18 Å². The molecule has 26 heavy (non-hydrogen) atoms. The molecule has 0 radical (unpaired) electrons. The van der Waals surface area contributed by atoms with E-state index in [-0.39, 0.29) is 17.3 Å². The largest absolute Gasteiger partial charge is 0.419 e. The average Bonchev–Trinajstić information content (AvgIpc) is 3.10. The molecule has 0 aromatic heterocycles. The molecule has 2 heterocycles. The van der Waals surface area contributed by atoms with Gasteiger partial charge in [-0.25, -0.2) is 4.39 Å². The minimum absolute atomic E-state index is 0.179. The summed E-state index contributed by atoms with van der Waals surface area (Å²) in [5, 5.41) is 0. The van der Waals surface area contributed by atoms with Crippen LogP contribution in [0.1, 0.15) is 15.9 Å². The Kier molecular flexibility index (Phi) is 5.71. The highest BCUT2D eigenvalue weighted by Gasteiger charge is 2.39. The summed E-state index contributed by atoms with van der Waals surface area (Å²) >= 11 is 3.12. The van der Waals surface area contributed by atoms with Gasteiger partial charge in [0.2, 0.25) is 5.91 Å². The maximum atomic E-state index is 13.4. The smallest absolute Gasteiger partial charge is 0.339 e. The first-order valence-electron chi connectivity index (χ1n) is 7.91. The zero-order chi connectivity index (χ0) is 18.9. The molecule has 4 nitrogen and oxygen atoms in total. The molecule has 0 N–H and O–H groups in total. The van der Waals surface area contributed by atoms with Gasteiger partial charge in [-0.15, -0.1) is 11.8 Å². The predicted octanol–water partition coefficient (Wildman–Crippen LogP) is 2.94. The van der Waals surface area contributed by atoms with Crippen LogP contribution in [-0.2, 0) is 11.0 Å². The fourth-order valence-electron chi connectivity index (χ4n) is 2.88. The topological polar surface area (TPSA) is 40.6 Å². The van der Waals surface area contributed by atoms with E-state index in [1.165, 1.54) is 16.7 Å². The predicted molar refractivity (Wildman–Crippen MR) is 92.6 cm³/mol. The van der Waals surface area contributed by atoms with Crippen molar-refractivity contribution in [3.8, 4) is 0 Å². The van der Waals surface area contributed by atoms with E-state index in [1.54, 1.807) is 16.7 Å². The lowest BCUT2D eigenvalue weighted by Crippen LogP contribution is -2.51. The van der Waals surface area contributed by atoms with E-state index in [0.717, 1.165) is 17.6 Å². The van der Waals surface area contributed by atoms with Crippen LogP contribution in [0.25, 0.3) is 0 Å². The van der Waals surface area contributed by atoms with Crippen LogP contribution < -0.4 is 0 Å². The minimum atomic E-state index is -4.89. The average molecular weight is 408 g/mol. The molecule has 0 spiro atoms. The van der Waals surface area contributed by atoms with Crippen molar-refractivity contribution in [1.82, 2.24) is 9.80 Å². The standard InChI is InChI=1S/C16H16F4N2O2S2/c17-12-2-1-10(7-11(12)16(18,19)20)14(23)22-9-26-8-13(22)15(24)21-3-5-25-6-4-21/h1-2,7,13H,3-6,8-9H2. The van der Waals surface area contributed by atoms with E-state index in [1.807, 2.05) is 0 Å². The Balaban J connectivity index is 1.81. The van der Waals surface area contributed by atoms with Gasteiger partial charge in [-0.2, -0.15) is 24.9 Å². The van der Waals surface area contributed by atoms with E-state index in [0.29, 0.717) is 31.0 Å². The van der Waals surface area contributed by atoms with Crippen molar-refractivity contribution < 1.29 is 27.2 Å². The molecule has 0 saturated carbocycles. The number of thioether (sulfide) groups is 2. The Morgan fingerprint density at radius 3 is 2.46 bits per heavy atom. The van der Waals surface area contributed by atoms with Gasteiger partial charge < -0.3 is 9.80 Å². The van der Waals surface area contributed by atoms with E-state index < -0.39 is 29.5 Å². The highest BCUT2D eigenvalue weighted by molar-refractivity contribution is 7.99. The molecule has 0 aliphatic carbocycles. The molecule has 1 atom stereocenters. The van der Waals surface area contributed by atoms with Crippen LogP contribution in [0.15, 0.2) is 18.2 Å². The second kappa shape index (κ2) is 7.67. The molecule has 2 aliphatic heterocycles. The highest BCUT2D eigenvalue weighted by atomic mass is 32.2. The molecule has 2 fully saturated rings. The number of carbonyl (C=O) groups excluding carboxylic acids is 2. The Hall–Kier alpha value is -1.42. The summed E-state index contributed by atoms with van der Waals surface area (Å²) < 4.78 is 52.1. The third-order valence-corrected chi connectivity index (χ3v) is 6.22. The van der Waals surface area contributed by atoms with Crippen molar-refractivity contribution in [2.45, 2.75) is 12.2 Å². The van der Waals surface area contributed by atoms with Crippen LogP contribution >= 0.6 is 23.5 Å². The zero-order valence-electron chi connectivity index (χ0n) is 13.6. The second-order valence-electron chi connectivity index (χ2n) is 5.92. The maximum absolute atomic E-state index is 13.4. The highest BCUT2D eigenvalue weighted by Crippen LogP contribution is 2.33. The lowest BCUT2D eigenvalue weighted by molar-refractivity contribution is -0.140. The van der Waals surface area contributed by atoms with Crippen LogP contribution in [0, 0.1) is 5.82 Å². The SMILES string of the molecule is O=C(C1CSCN1C(=O)c1ccc(F)c(C(F)(F)F)c1)N1CCSCC1. The third kappa shape index (κ3) is 3.95. The number of alkyl halides is 3. The quantitative estimate of drug-likeness (QED) is 0.706. The fourth-order valence-corrected chi connectivity index (χ4v) is 4.93. The zero-order valence-corrected chi connectivity index (χ0v) is 15.2. The number of benzene rings is 1. The Morgan fingerprint density at radius 2 is 1.81 bits per heavy atom. The molecule has 3 rings (SSSR count). The molecule has 10 heteroatoms. The monoisotopic (exact) mass is 408 g/mol. The van der Waals surface area contributed by atoms with Gasteiger partial charge in [0.05, 0.1) is 11.4 Å². The Labute approximate surface area is 156 Å². The molecule has 1 unspecified atom stereocenters. The van der Waals surface area contributed by atoms with Gasteiger partial charge in [0.25, 0.3) is 5.91 Å². The van der Waals surface area contributed by atoms with E-state index >= 15 is 0 Å². The Morgan fingerprint density at radius 1 is 1.12 bits per heavy atom. The molecule has 0 bridgehead atoms. The summed E-state index contributed by atoms with van der Waals surface area (Å²) in [6.07, 6.45) is -4.89. The summed E-state index contributed by atoms with van der Waals surface area (Å²) in [7, 11) is 0. The molecule has 2 aliphatic rings. The first kappa shape index (κ1) is 19.3. The minimum Gasteiger partial charge on any atom is -0.339 e. The van der Waals surface area contributed by atoms with Crippen molar-refractivity contribution in [2.24, 2.45) is 0 Å². The van der Waals surface area contributed by atoms with Gasteiger partial charge in [0.1, 0.15) is 11.9 Å². The number of nitrogens with zero attached hydrogens (tertiary/aromatic N) is 2. The van der Waals surface area contributed by atoms with Crippen molar-refractivity contribution >= 4 is 35.3 Å². The van der Waals surface area contributed by atoms with Crippen LogP contribution in [-0.4, -0.2) is 63.9 Å². The molecule has 1 aromatic rings. The van der Waals surface area contributed by atoms with Gasteiger partial charge in [-0.1, -0.05) is 0 Å². The maximum Gasteiger partial charge on any atom is 0.419 e. The summed E-state index contributed by atoms with van der Waals surface area (Å²) in [5.41, 5.74) is -1.75. The normalized spacial score (nSPS) is 21.2. The number of hydrogen-bond donors (Lipinski definition) is 0. The van der Waals surface area contributed by atoms with Gasteiger partial charge in [-0.3, -0.25) is 9.59 Å². The summed E-state index contributed by atoms with van der Waals surface area (Å²) in [6, 6.07) is 1.47. The van der Waals surface area contributed by atoms with Gasteiger partial charge in [0.15, 0.2) is 0 Å². The van der Waals surface area contributed by atoms with Gasteiger partial charge in [0, 0.05) is 35.9 Å². The molecular formula is C16H16F4N2O2S2. The van der Waals surface area contributed by atoms with E-state index in [9.17, 15) is 27.2 Å². The van der Waals surface area contributed by atoms with Crippen LogP contribution in [0.5, 0.6) is 0 Å². The van der Waals surface area contributed by atoms with Crippen molar-refractivity contribution in [2.75, 3.05) is 36.2 Å². The number of rotatable bonds is 2. The van der Waals surface area contributed by atoms with Crippen molar-refractivity contribution in [3.05, 3.63) is 35.1 Å². The number of halogens is 4. The lowest BCUT2D eigenvalue weighted by Gasteiger charge is -2.32. The molecule has 2 amide bonds. The molecule has 1 aromatic carbocycles. The number of amides is 2. The molecular weight excluding hydrogens is 392 g/mol. The van der Waals surface area contributed by atoms with E-state index in [2.05, 4.69) is 0 Å².